The zero-order valence-corrected chi connectivity index (χ0v) is 17.3. The number of fused-ring (bicyclic) bond motifs is 1. The van der Waals surface area contributed by atoms with Crippen LogP contribution in [0.5, 0.6) is 0 Å². The Bertz CT molecular complexity index is 921. The molecule has 1 N–H and O–H groups in total. The first-order valence-corrected chi connectivity index (χ1v) is 9.95. The summed E-state index contributed by atoms with van der Waals surface area (Å²) in [6.45, 7) is 4.46. The first-order valence-electron chi connectivity index (χ1n) is 9.14. The van der Waals surface area contributed by atoms with Crippen molar-refractivity contribution in [1.82, 2.24) is 20.0 Å². The van der Waals surface area contributed by atoms with Crippen molar-refractivity contribution < 1.29 is 4.79 Å². The van der Waals surface area contributed by atoms with Gasteiger partial charge in [0.1, 0.15) is 4.83 Å². The topological polar surface area (TPSA) is 50.2 Å². The first-order chi connectivity index (χ1) is 12.7. The summed E-state index contributed by atoms with van der Waals surface area (Å²) in [5, 5.41) is 8.98. The lowest BCUT2D eigenvalue weighted by Crippen LogP contribution is -2.40. The van der Waals surface area contributed by atoms with E-state index in [-0.39, 0.29) is 18.3 Å². The summed E-state index contributed by atoms with van der Waals surface area (Å²) in [6, 6.07) is 12.7. The van der Waals surface area contributed by atoms with E-state index in [4.69, 9.17) is 0 Å². The SMILES string of the molecule is CNCC1CCCN1C(=O)c1cc2c(C)nn(Cc3ccccc3)c2s1.Cl. The molecule has 1 aliphatic heterocycles. The van der Waals surface area contributed by atoms with Gasteiger partial charge in [-0.15, -0.1) is 23.7 Å². The molecule has 5 nitrogen and oxygen atoms in total. The minimum Gasteiger partial charge on any atom is -0.334 e. The molecule has 1 atom stereocenters. The number of amides is 1. The van der Waals surface area contributed by atoms with E-state index < -0.39 is 0 Å². The fourth-order valence-electron chi connectivity index (χ4n) is 3.77. The number of aryl methyl sites for hydroxylation is 1. The van der Waals surface area contributed by atoms with Gasteiger partial charge < -0.3 is 10.2 Å². The van der Waals surface area contributed by atoms with E-state index in [1.165, 1.54) is 5.56 Å². The third kappa shape index (κ3) is 3.88. The van der Waals surface area contributed by atoms with Crippen LogP contribution in [0.25, 0.3) is 10.2 Å². The summed E-state index contributed by atoms with van der Waals surface area (Å²) in [4.78, 5) is 17.0. The monoisotopic (exact) mass is 404 g/mol. The summed E-state index contributed by atoms with van der Waals surface area (Å²) in [5.41, 5.74) is 2.20. The molecule has 4 rings (SSSR count). The molecule has 1 aliphatic rings. The van der Waals surface area contributed by atoms with Crippen LogP contribution in [0.3, 0.4) is 0 Å². The van der Waals surface area contributed by atoms with Crippen LogP contribution >= 0.6 is 23.7 Å². The van der Waals surface area contributed by atoms with Crippen LogP contribution in [0.4, 0.5) is 0 Å². The van der Waals surface area contributed by atoms with Crippen LogP contribution in [0.1, 0.15) is 33.8 Å². The molecule has 144 valence electrons. The Labute approximate surface area is 169 Å². The molecule has 0 radical (unpaired) electrons. The molecule has 1 saturated heterocycles. The van der Waals surface area contributed by atoms with E-state index in [0.29, 0.717) is 6.04 Å². The van der Waals surface area contributed by atoms with Crippen molar-refractivity contribution in [3.8, 4) is 0 Å². The molecule has 0 bridgehead atoms. The smallest absolute Gasteiger partial charge is 0.264 e. The number of halogens is 1. The van der Waals surface area contributed by atoms with Crippen molar-refractivity contribution >= 4 is 39.9 Å². The summed E-state index contributed by atoms with van der Waals surface area (Å²) in [5.74, 6) is 0.162. The molecule has 0 spiro atoms. The molecule has 27 heavy (non-hydrogen) atoms. The standard InChI is InChI=1S/C20H24N4OS.ClH/c1-14-17-11-18(19(25)23-10-6-9-16(23)12-21-2)26-20(17)24(22-14)13-15-7-4-3-5-8-15;/h3-5,7-8,11,16,21H,6,9-10,12-13H2,1-2H3;1H. The second-order valence-electron chi connectivity index (χ2n) is 6.91. The highest BCUT2D eigenvalue weighted by molar-refractivity contribution is 7.20. The maximum Gasteiger partial charge on any atom is 0.264 e. The van der Waals surface area contributed by atoms with Gasteiger partial charge in [-0.25, -0.2) is 0 Å². The summed E-state index contributed by atoms with van der Waals surface area (Å²) < 4.78 is 2.02. The number of thiophene rings is 1. The number of aromatic nitrogens is 2. The largest absolute Gasteiger partial charge is 0.334 e. The number of hydrogen-bond acceptors (Lipinski definition) is 4. The zero-order chi connectivity index (χ0) is 18.1. The molecule has 0 saturated carbocycles. The van der Waals surface area contributed by atoms with E-state index in [1.807, 2.05) is 47.8 Å². The Balaban J connectivity index is 0.00000210. The number of hydrogen-bond donors (Lipinski definition) is 1. The molecular weight excluding hydrogens is 380 g/mol. The van der Waals surface area contributed by atoms with Crippen LogP contribution < -0.4 is 5.32 Å². The average molecular weight is 405 g/mol. The van der Waals surface area contributed by atoms with Gasteiger partial charge in [-0.05, 0) is 38.4 Å². The minimum atomic E-state index is 0. The molecule has 0 aliphatic carbocycles. The van der Waals surface area contributed by atoms with Gasteiger partial charge in [-0.2, -0.15) is 5.10 Å². The Hall–Kier alpha value is -1.89. The normalized spacial score (nSPS) is 16.7. The van der Waals surface area contributed by atoms with Crippen molar-refractivity contribution in [1.29, 1.82) is 0 Å². The predicted molar refractivity (Wildman–Crippen MR) is 113 cm³/mol. The van der Waals surface area contributed by atoms with Crippen molar-refractivity contribution in [3.05, 3.63) is 52.5 Å². The Morgan fingerprint density at radius 1 is 1.33 bits per heavy atom. The Morgan fingerprint density at radius 3 is 2.85 bits per heavy atom. The molecular formula is C20H25ClN4OS. The van der Waals surface area contributed by atoms with E-state index in [9.17, 15) is 4.79 Å². The van der Waals surface area contributed by atoms with Crippen molar-refractivity contribution in [2.24, 2.45) is 0 Å². The summed E-state index contributed by atoms with van der Waals surface area (Å²) in [7, 11) is 1.95. The molecule has 1 aromatic carbocycles. The number of carbonyl (C=O) groups is 1. The zero-order valence-electron chi connectivity index (χ0n) is 15.6. The van der Waals surface area contributed by atoms with E-state index >= 15 is 0 Å². The lowest BCUT2D eigenvalue weighted by Gasteiger charge is -2.23. The maximum atomic E-state index is 13.1. The average Bonchev–Trinajstić information content (AvgIpc) is 3.34. The van der Waals surface area contributed by atoms with Crippen molar-refractivity contribution in [2.45, 2.75) is 32.4 Å². The second-order valence-corrected chi connectivity index (χ2v) is 7.94. The van der Waals surface area contributed by atoms with Crippen LogP contribution in [0.15, 0.2) is 36.4 Å². The van der Waals surface area contributed by atoms with Gasteiger partial charge in [0.05, 0.1) is 17.1 Å². The van der Waals surface area contributed by atoms with Gasteiger partial charge >= 0.3 is 0 Å². The number of benzene rings is 1. The Kier molecular flexibility index (Phi) is 6.19. The van der Waals surface area contributed by atoms with Gasteiger partial charge in [0.15, 0.2) is 0 Å². The van der Waals surface area contributed by atoms with Gasteiger partial charge in [0, 0.05) is 24.5 Å². The maximum absolute atomic E-state index is 13.1. The molecule has 3 heterocycles. The highest BCUT2D eigenvalue weighted by Gasteiger charge is 2.30. The molecule has 7 heteroatoms. The second kappa shape index (κ2) is 8.42. The summed E-state index contributed by atoms with van der Waals surface area (Å²) in [6.07, 6.45) is 2.17. The number of nitrogens with one attached hydrogen (secondary N) is 1. The predicted octanol–water partition coefficient (Wildman–Crippen LogP) is 3.70. The third-order valence-corrected chi connectivity index (χ3v) is 6.21. The van der Waals surface area contributed by atoms with Crippen molar-refractivity contribution in [3.63, 3.8) is 0 Å². The van der Waals surface area contributed by atoms with Gasteiger partial charge in [0.2, 0.25) is 0 Å². The first kappa shape index (κ1) is 19.9. The minimum absolute atomic E-state index is 0. The summed E-state index contributed by atoms with van der Waals surface area (Å²) >= 11 is 1.57. The highest BCUT2D eigenvalue weighted by Crippen LogP contribution is 2.31. The van der Waals surface area contributed by atoms with Crippen LogP contribution in [0, 0.1) is 6.92 Å². The number of likely N-dealkylation sites (N-methyl/N-ethyl adjacent to an activating group) is 1. The fraction of sp³-hybridized carbons (Fsp3) is 0.400. The van der Waals surface area contributed by atoms with Crippen LogP contribution in [0.2, 0.25) is 0 Å². The van der Waals surface area contributed by atoms with Crippen molar-refractivity contribution in [2.75, 3.05) is 20.1 Å². The van der Waals surface area contributed by atoms with E-state index in [1.54, 1.807) is 11.3 Å². The number of carbonyl (C=O) groups excluding carboxylic acids is 1. The van der Waals surface area contributed by atoms with Crippen LogP contribution in [-0.4, -0.2) is 46.8 Å². The fourth-order valence-corrected chi connectivity index (χ4v) is 4.89. The van der Waals surface area contributed by atoms with Gasteiger partial charge in [-0.3, -0.25) is 9.48 Å². The van der Waals surface area contributed by atoms with E-state index in [0.717, 1.165) is 53.3 Å². The highest BCUT2D eigenvalue weighted by atomic mass is 35.5. The molecule has 1 fully saturated rings. The molecule has 2 aromatic heterocycles. The number of rotatable bonds is 5. The van der Waals surface area contributed by atoms with Crippen LogP contribution in [-0.2, 0) is 6.54 Å². The van der Waals surface area contributed by atoms with Gasteiger partial charge in [-0.1, -0.05) is 30.3 Å². The van der Waals surface area contributed by atoms with E-state index in [2.05, 4.69) is 22.5 Å². The lowest BCUT2D eigenvalue weighted by atomic mass is 10.2. The Morgan fingerprint density at radius 2 is 2.11 bits per heavy atom. The number of likely N-dealkylation sites (tertiary alicyclic amines) is 1. The molecule has 1 amide bonds. The number of nitrogens with zero attached hydrogens (tertiary/aromatic N) is 3. The lowest BCUT2D eigenvalue weighted by molar-refractivity contribution is 0.0742. The molecule has 1 unspecified atom stereocenters. The third-order valence-electron chi connectivity index (χ3n) is 5.07. The van der Waals surface area contributed by atoms with Gasteiger partial charge in [0.25, 0.3) is 5.91 Å². The quantitative estimate of drug-likeness (QED) is 0.705. The molecule has 3 aromatic rings.